The molecular weight excluding hydrogens is 345 g/mol. The van der Waals surface area contributed by atoms with Crippen molar-refractivity contribution in [3.8, 4) is 11.6 Å². The van der Waals surface area contributed by atoms with E-state index in [0.29, 0.717) is 5.56 Å². The molecule has 4 nitrogen and oxygen atoms in total. The number of rotatable bonds is 7. The first-order valence-electron chi connectivity index (χ1n) is 8.38. The first kappa shape index (κ1) is 19.8. The van der Waals surface area contributed by atoms with E-state index in [4.69, 9.17) is 4.74 Å². The van der Waals surface area contributed by atoms with Crippen LogP contribution in [0.1, 0.15) is 37.8 Å². The first-order chi connectivity index (χ1) is 12.3. The predicted molar refractivity (Wildman–Crippen MR) is 91.7 cm³/mol. The highest BCUT2D eigenvalue weighted by Gasteiger charge is 2.30. The van der Waals surface area contributed by atoms with Crippen LogP contribution in [-0.2, 0) is 17.5 Å². The molecule has 0 aliphatic carbocycles. The summed E-state index contributed by atoms with van der Waals surface area (Å²) in [7, 11) is 0. The third-order valence-corrected chi connectivity index (χ3v) is 3.85. The Kier molecular flexibility index (Phi) is 6.60. The standard InChI is InChI=1S/C19H21F3N2O2/c1-3-6-13(2)17(25)24-12-14-7-5-10-23-18(14)26-16-9-4-8-15(11-16)19(20,21)22/h4-5,7-11,13H,3,6,12H2,1-2H3,(H,24,25)/t13-/m0/s1. The van der Waals surface area contributed by atoms with Crippen LogP contribution in [0.2, 0.25) is 0 Å². The molecule has 1 N–H and O–H groups in total. The van der Waals surface area contributed by atoms with E-state index in [1.54, 1.807) is 12.1 Å². The Hall–Kier alpha value is -2.57. The molecule has 7 heteroatoms. The van der Waals surface area contributed by atoms with Crippen LogP contribution >= 0.6 is 0 Å². The number of alkyl halides is 3. The Balaban J connectivity index is 2.11. The van der Waals surface area contributed by atoms with Crippen molar-refractivity contribution in [2.24, 2.45) is 5.92 Å². The van der Waals surface area contributed by atoms with Crippen LogP contribution in [0.4, 0.5) is 13.2 Å². The van der Waals surface area contributed by atoms with Crippen molar-refractivity contribution in [3.63, 3.8) is 0 Å². The van der Waals surface area contributed by atoms with Crippen molar-refractivity contribution >= 4 is 5.91 Å². The number of aromatic nitrogens is 1. The van der Waals surface area contributed by atoms with E-state index in [2.05, 4.69) is 10.3 Å². The molecule has 1 aromatic heterocycles. The van der Waals surface area contributed by atoms with Crippen molar-refractivity contribution in [1.29, 1.82) is 0 Å². The molecule has 0 saturated heterocycles. The molecule has 2 rings (SSSR count). The van der Waals surface area contributed by atoms with Crippen LogP contribution in [0.5, 0.6) is 11.6 Å². The highest BCUT2D eigenvalue weighted by Crippen LogP contribution is 2.32. The fourth-order valence-corrected chi connectivity index (χ4v) is 2.42. The Labute approximate surface area is 150 Å². The number of ether oxygens (including phenoxy) is 1. The van der Waals surface area contributed by atoms with E-state index in [1.807, 2.05) is 13.8 Å². The van der Waals surface area contributed by atoms with Gasteiger partial charge in [-0.2, -0.15) is 13.2 Å². The fourth-order valence-electron chi connectivity index (χ4n) is 2.42. The fraction of sp³-hybridized carbons (Fsp3) is 0.368. The number of amides is 1. The van der Waals surface area contributed by atoms with Crippen molar-refractivity contribution in [2.45, 2.75) is 39.4 Å². The maximum absolute atomic E-state index is 12.8. The zero-order valence-electron chi connectivity index (χ0n) is 14.6. The van der Waals surface area contributed by atoms with E-state index in [0.717, 1.165) is 25.0 Å². The summed E-state index contributed by atoms with van der Waals surface area (Å²) in [5.74, 6) is 0.00551. The molecular formula is C19H21F3N2O2. The van der Waals surface area contributed by atoms with Gasteiger partial charge < -0.3 is 10.1 Å². The van der Waals surface area contributed by atoms with Crippen LogP contribution < -0.4 is 10.1 Å². The van der Waals surface area contributed by atoms with Crippen LogP contribution in [-0.4, -0.2) is 10.9 Å². The summed E-state index contributed by atoms with van der Waals surface area (Å²) >= 11 is 0. The van der Waals surface area contributed by atoms with Crippen molar-refractivity contribution in [2.75, 3.05) is 0 Å². The van der Waals surface area contributed by atoms with Crippen molar-refractivity contribution in [1.82, 2.24) is 10.3 Å². The molecule has 1 aromatic carbocycles. The molecule has 0 unspecified atom stereocenters. The number of halogens is 3. The topological polar surface area (TPSA) is 51.2 Å². The highest BCUT2D eigenvalue weighted by atomic mass is 19.4. The average Bonchev–Trinajstić information content (AvgIpc) is 2.60. The molecule has 140 valence electrons. The van der Waals surface area contributed by atoms with Gasteiger partial charge in [-0.25, -0.2) is 4.98 Å². The lowest BCUT2D eigenvalue weighted by Crippen LogP contribution is -2.28. The Morgan fingerprint density at radius 1 is 1.27 bits per heavy atom. The molecule has 0 aliphatic rings. The highest BCUT2D eigenvalue weighted by molar-refractivity contribution is 5.78. The molecule has 26 heavy (non-hydrogen) atoms. The first-order valence-corrected chi connectivity index (χ1v) is 8.38. The van der Waals surface area contributed by atoms with Crippen LogP contribution in [0.3, 0.4) is 0 Å². The van der Waals surface area contributed by atoms with Gasteiger partial charge in [0.2, 0.25) is 11.8 Å². The van der Waals surface area contributed by atoms with Gasteiger partial charge in [0, 0.05) is 24.2 Å². The number of benzene rings is 1. The Morgan fingerprint density at radius 2 is 2.04 bits per heavy atom. The van der Waals surface area contributed by atoms with E-state index >= 15 is 0 Å². The number of nitrogens with one attached hydrogen (secondary N) is 1. The van der Waals surface area contributed by atoms with Gasteiger partial charge in [-0.05, 0) is 30.7 Å². The summed E-state index contributed by atoms with van der Waals surface area (Å²) in [6.07, 6.45) is -1.28. The minimum absolute atomic E-state index is 0.0328. The maximum atomic E-state index is 12.8. The SMILES string of the molecule is CCC[C@H](C)C(=O)NCc1cccnc1Oc1cccc(C(F)(F)F)c1. The van der Waals surface area contributed by atoms with Gasteiger partial charge in [-0.3, -0.25) is 4.79 Å². The summed E-state index contributed by atoms with van der Waals surface area (Å²) in [5, 5.41) is 2.81. The largest absolute Gasteiger partial charge is 0.439 e. The molecule has 2 aromatic rings. The molecule has 0 aliphatic heterocycles. The van der Waals surface area contributed by atoms with Crippen molar-refractivity contribution < 1.29 is 22.7 Å². The summed E-state index contributed by atoms with van der Waals surface area (Å²) in [4.78, 5) is 16.1. The number of nitrogens with zero attached hydrogens (tertiary/aromatic N) is 1. The lowest BCUT2D eigenvalue weighted by molar-refractivity contribution is -0.137. The molecule has 0 fully saturated rings. The smallest absolute Gasteiger partial charge is 0.416 e. The number of carbonyl (C=O) groups is 1. The quantitative estimate of drug-likeness (QED) is 0.755. The Morgan fingerprint density at radius 3 is 2.73 bits per heavy atom. The maximum Gasteiger partial charge on any atom is 0.416 e. The molecule has 0 saturated carbocycles. The third-order valence-electron chi connectivity index (χ3n) is 3.85. The van der Waals surface area contributed by atoms with Crippen LogP contribution in [0.15, 0.2) is 42.6 Å². The Bertz CT molecular complexity index is 748. The summed E-state index contributed by atoms with van der Waals surface area (Å²) in [6.45, 7) is 4.04. The second-order valence-corrected chi connectivity index (χ2v) is 6.00. The monoisotopic (exact) mass is 366 g/mol. The zero-order chi connectivity index (χ0) is 19.2. The van der Waals surface area contributed by atoms with Gasteiger partial charge in [-0.15, -0.1) is 0 Å². The second-order valence-electron chi connectivity index (χ2n) is 6.00. The van der Waals surface area contributed by atoms with Gasteiger partial charge in [0.15, 0.2) is 0 Å². The van der Waals surface area contributed by atoms with Gasteiger partial charge in [0.05, 0.1) is 5.56 Å². The van der Waals surface area contributed by atoms with Gasteiger partial charge in [0.1, 0.15) is 5.75 Å². The van der Waals surface area contributed by atoms with Gasteiger partial charge in [-0.1, -0.05) is 32.4 Å². The second kappa shape index (κ2) is 8.69. The average molecular weight is 366 g/mol. The van der Waals surface area contributed by atoms with Gasteiger partial charge in [0.25, 0.3) is 0 Å². The number of hydrogen-bond donors (Lipinski definition) is 1. The molecule has 1 heterocycles. The van der Waals surface area contributed by atoms with E-state index in [1.165, 1.54) is 18.3 Å². The normalized spacial score (nSPS) is 12.5. The summed E-state index contributed by atoms with van der Waals surface area (Å²) in [5.41, 5.74) is -0.212. The van der Waals surface area contributed by atoms with E-state index in [9.17, 15) is 18.0 Å². The number of hydrogen-bond acceptors (Lipinski definition) is 3. The van der Waals surface area contributed by atoms with Gasteiger partial charge >= 0.3 is 6.18 Å². The van der Waals surface area contributed by atoms with Crippen molar-refractivity contribution in [3.05, 3.63) is 53.7 Å². The zero-order valence-corrected chi connectivity index (χ0v) is 14.6. The molecule has 1 atom stereocenters. The summed E-state index contributed by atoms with van der Waals surface area (Å²) in [6, 6.07) is 7.98. The predicted octanol–water partition coefficient (Wildman–Crippen LogP) is 4.95. The van der Waals surface area contributed by atoms with Crippen LogP contribution in [0, 0.1) is 5.92 Å². The molecule has 0 spiro atoms. The minimum Gasteiger partial charge on any atom is -0.439 e. The lowest BCUT2D eigenvalue weighted by atomic mass is 10.1. The molecule has 0 radical (unpaired) electrons. The van der Waals surface area contributed by atoms with Crippen LogP contribution in [0.25, 0.3) is 0 Å². The summed E-state index contributed by atoms with van der Waals surface area (Å²) < 4.78 is 44.0. The van der Waals surface area contributed by atoms with E-state index < -0.39 is 11.7 Å². The number of carbonyl (C=O) groups excluding carboxylic acids is 1. The minimum atomic E-state index is -4.45. The lowest BCUT2D eigenvalue weighted by Gasteiger charge is -2.14. The number of pyridine rings is 1. The molecule has 1 amide bonds. The third kappa shape index (κ3) is 5.47. The van der Waals surface area contributed by atoms with E-state index in [-0.39, 0.29) is 30.0 Å². The molecule has 0 bridgehead atoms.